The third-order valence-corrected chi connectivity index (χ3v) is 6.36. The van der Waals surface area contributed by atoms with E-state index in [2.05, 4.69) is 65.1 Å². The SMILES string of the molecule is CN=C(NCC(C)c1ccc(C)cc1)N1CCN(C(C)C(=O)N2CCCC2)CC1. The van der Waals surface area contributed by atoms with E-state index in [0.717, 1.165) is 64.6 Å². The molecule has 0 radical (unpaired) electrons. The van der Waals surface area contributed by atoms with Crippen LogP contribution < -0.4 is 5.32 Å². The molecule has 0 aliphatic carbocycles. The molecule has 2 heterocycles. The van der Waals surface area contributed by atoms with Crippen LogP contribution >= 0.6 is 0 Å². The first-order chi connectivity index (χ1) is 14.0. The standard InChI is InChI=1S/C23H37N5O/c1-18-7-9-21(10-8-18)19(2)17-25-23(24-4)28-15-13-26(14-16-28)20(3)22(29)27-11-5-6-12-27/h7-10,19-20H,5-6,11-17H2,1-4H3,(H,24,25). The molecule has 2 aliphatic heterocycles. The topological polar surface area (TPSA) is 51.2 Å². The molecule has 1 aromatic rings. The normalized spacial score (nSPS) is 20.6. The van der Waals surface area contributed by atoms with Crippen molar-refractivity contribution in [3.63, 3.8) is 0 Å². The van der Waals surface area contributed by atoms with E-state index in [1.807, 2.05) is 11.9 Å². The molecule has 0 saturated carbocycles. The highest BCUT2D eigenvalue weighted by Crippen LogP contribution is 2.16. The fourth-order valence-corrected chi connectivity index (χ4v) is 4.27. The molecule has 2 atom stereocenters. The lowest BCUT2D eigenvalue weighted by atomic mass is 10.0. The van der Waals surface area contributed by atoms with Gasteiger partial charge in [0.1, 0.15) is 0 Å². The minimum atomic E-state index is -0.0215. The van der Waals surface area contributed by atoms with Gasteiger partial charge in [0.05, 0.1) is 6.04 Å². The van der Waals surface area contributed by atoms with Crippen LogP contribution in [0.5, 0.6) is 0 Å². The number of rotatable bonds is 5. The molecule has 1 N–H and O–H groups in total. The Hall–Kier alpha value is -2.08. The summed E-state index contributed by atoms with van der Waals surface area (Å²) in [6.45, 7) is 12.7. The molecule has 0 bridgehead atoms. The highest BCUT2D eigenvalue weighted by atomic mass is 16.2. The van der Waals surface area contributed by atoms with Crippen molar-refractivity contribution in [3.8, 4) is 0 Å². The summed E-state index contributed by atoms with van der Waals surface area (Å²) in [4.78, 5) is 23.8. The van der Waals surface area contributed by atoms with Crippen molar-refractivity contribution in [2.24, 2.45) is 4.99 Å². The van der Waals surface area contributed by atoms with Gasteiger partial charge >= 0.3 is 0 Å². The monoisotopic (exact) mass is 399 g/mol. The minimum Gasteiger partial charge on any atom is -0.356 e. The van der Waals surface area contributed by atoms with Crippen LogP contribution in [-0.4, -0.2) is 85.5 Å². The Balaban J connectivity index is 1.47. The van der Waals surface area contributed by atoms with Crippen molar-refractivity contribution in [2.75, 3.05) is 52.9 Å². The van der Waals surface area contributed by atoms with E-state index in [1.165, 1.54) is 11.1 Å². The molecule has 2 fully saturated rings. The number of hydrogen-bond donors (Lipinski definition) is 1. The number of guanidine groups is 1. The van der Waals surface area contributed by atoms with Crippen molar-refractivity contribution in [1.82, 2.24) is 20.0 Å². The Morgan fingerprint density at radius 3 is 2.21 bits per heavy atom. The van der Waals surface area contributed by atoms with Crippen LogP contribution in [0.25, 0.3) is 0 Å². The number of aryl methyl sites for hydroxylation is 1. The molecular formula is C23H37N5O. The Morgan fingerprint density at radius 1 is 1.00 bits per heavy atom. The average molecular weight is 400 g/mol. The van der Waals surface area contributed by atoms with E-state index in [0.29, 0.717) is 11.8 Å². The van der Waals surface area contributed by atoms with Gasteiger partial charge in [-0.15, -0.1) is 0 Å². The summed E-state index contributed by atoms with van der Waals surface area (Å²) in [7, 11) is 1.85. The van der Waals surface area contributed by atoms with Crippen LogP contribution in [0.2, 0.25) is 0 Å². The summed E-state index contributed by atoms with van der Waals surface area (Å²) in [5.74, 6) is 1.68. The lowest BCUT2D eigenvalue weighted by Crippen LogP contribution is -2.57. The van der Waals surface area contributed by atoms with E-state index in [9.17, 15) is 4.79 Å². The fourth-order valence-electron chi connectivity index (χ4n) is 4.27. The molecular weight excluding hydrogens is 362 g/mol. The van der Waals surface area contributed by atoms with Gasteiger partial charge in [-0.3, -0.25) is 14.7 Å². The van der Waals surface area contributed by atoms with Gasteiger partial charge in [0.2, 0.25) is 5.91 Å². The predicted molar refractivity (Wildman–Crippen MR) is 119 cm³/mol. The third kappa shape index (κ3) is 5.50. The Kier molecular flexibility index (Phi) is 7.53. The average Bonchev–Trinajstić information content (AvgIpc) is 3.29. The first-order valence-corrected chi connectivity index (χ1v) is 11.0. The van der Waals surface area contributed by atoms with Gasteiger partial charge in [0.25, 0.3) is 0 Å². The van der Waals surface area contributed by atoms with Gasteiger partial charge in [-0.05, 0) is 38.2 Å². The van der Waals surface area contributed by atoms with Gasteiger partial charge in [0, 0.05) is 52.9 Å². The zero-order chi connectivity index (χ0) is 20.8. The van der Waals surface area contributed by atoms with E-state index in [1.54, 1.807) is 0 Å². The molecule has 2 aliphatic rings. The molecule has 29 heavy (non-hydrogen) atoms. The van der Waals surface area contributed by atoms with Crippen molar-refractivity contribution in [2.45, 2.75) is 45.6 Å². The molecule has 1 aromatic carbocycles. The number of nitrogens with one attached hydrogen (secondary N) is 1. The minimum absolute atomic E-state index is 0.0215. The van der Waals surface area contributed by atoms with Crippen LogP contribution in [0.4, 0.5) is 0 Å². The van der Waals surface area contributed by atoms with Crippen LogP contribution in [0.3, 0.4) is 0 Å². The first-order valence-electron chi connectivity index (χ1n) is 11.0. The van der Waals surface area contributed by atoms with Gasteiger partial charge in [-0.2, -0.15) is 0 Å². The summed E-state index contributed by atoms with van der Waals surface area (Å²) in [6.07, 6.45) is 2.30. The molecule has 0 spiro atoms. The van der Waals surface area contributed by atoms with Crippen molar-refractivity contribution < 1.29 is 4.79 Å². The van der Waals surface area contributed by atoms with Gasteiger partial charge in [-0.1, -0.05) is 36.8 Å². The third-order valence-electron chi connectivity index (χ3n) is 6.36. The van der Waals surface area contributed by atoms with Gasteiger partial charge in [-0.25, -0.2) is 0 Å². The summed E-state index contributed by atoms with van der Waals surface area (Å²) >= 11 is 0. The number of piperazine rings is 1. The highest BCUT2D eigenvalue weighted by Gasteiger charge is 2.30. The lowest BCUT2D eigenvalue weighted by molar-refractivity contribution is -0.135. The van der Waals surface area contributed by atoms with Crippen LogP contribution in [0.15, 0.2) is 29.3 Å². The van der Waals surface area contributed by atoms with E-state index in [-0.39, 0.29) is 6.04 Å². The second kappa shape index (κ2) is 10.1. The largest absolute Gasteiger partial charge is 0.356 e. The second-order valence-corrected chi connectivity index (χ2v) is 8.47. The van der Waals surface area contributed by atoms with Crippen molar-refractivity contribution in [1.29, 1.82) is 0 Å². The molecule has 160 valence electrons. The molecule has 2 unspecified atom stereocenters. The van der Waals surface area contributed by atoms with E-state index < -0.39 is 0 Å². The zero-order valence-corrected chi connectivity index (χ0v) is 18.5. The molecule has 1 amide bonds. The van der Waals surface area contributed by atoms with Crippen LogP contribution in [0.1, 0.15) is 43.7 Å². The number of hydrogen-bond acceptors (Lipinski definition) is 3. The molecule has 0 aromatic heterocycles. The summed E-state index contributed by atoms with van der Waals surface area (Å²) in [5.41, 5.74) is 2.64. The predicted octanol–water partition coefficient (Wildman–Crippen LogP) is 2.30. The maximum Gasteiger partial charge on any atom is 0.239 e. The Labute approximate surface area is 176 Å². The number of likely N-dealkylation sites (tertiary alicyclic amines) is 1. The number of nitrogens with zero attached hydrogens (tertiary/aromatic N) is 4. The maximum atomic E-state index is 12.7. The van der Waals surface area contributed by atoms with Crippen molar-refractivity contribution >= 4 is 11.9 Å². The summed E-state index contributed by atoms with van der Waals surface area (Å²) < 4.78 is 0. The van der Waals surface area contributed by atoms with Crippen LogP contribution in [0, 0.1) is 6.92 Å². The first kappa shape index (κ1) is 21.6. The highest BCUT2D eigenvalue weighted by molar-refractivity contribution is 5.82. The number of benzene rings is 1. The molecule has 6 heteroatoms. The summed E-state index contributed by atoms with van der Waals surface area (Å²) in [6, 6.07) is 8.74. The molecule has 2 saturated heterocycles. The fraction of sp³-hybridized carbons (Fsp3) is 0.652. The number of aliphatic imine (C=N–C) groups is 1. The smallest absolute Gasteiger partial charge is 0.239 e. The number of amides is 1. The quantitative estimate of drug-likeness (QED) is 0.610. The van der Waals surface area contributed by atoms with Gasteiger partial charge < -0.3 is 15.1 Å². The zero-order valence-electron chi connectivity index (χ0n) is 18.5. The number of carbonyl (C=O) groups excluding carboxylic acids is 1. The Morgan fingerprint density at radius 2 is 1.62 bits per heavy atom. The van der Waals surface area contributed by atoms with Crippen molar-refractivity contribution in [3.05, 3.63) is 35.4 Å². The van der Waals surface area contributed by atoms with E-state index >= 15 is 0 Å². The number of carbonyl (C=O) groups is 1. The molecule has 3 rings (SSSR count). The van der Waals surface area contributed by atoms with E-state index in [4.69, 9.17) is 0 Å². The van der Waals surface area contributed by atoms with Gasteiger partial charge in [0.15, 0.2) is 5.96 Å². The summed E-state index contributed by atoms with van der Waals surface area (Å²) in [5, 5.41) is 3.55. The lowest BCUT2D eigenvalue weighted by Gasteiger charge is -2.39. The second-order valence-electron chi connectivity index (χ2n) is 8.47. The maximum absolute atomic E-state index is 12.7. The molecule has 6 nitrogen and oxygen atoms in total. The van der Waals surface area contributed by atoms with Crippen LogP contribution in [-0.2, 0) is 4.79 Å². The Bertz CT molecular complexity index is 688.